The molecule has 11 heteroatoms. The van der Waals surface area contributed by atoms with Crippen LogP contribution in [0.2, 0.25) is 5.02 Å². The van der Waals surface area contributed by atoms with Gasteiger partial charge in [0.15, 0.2) is 11.5 Å². The van der Waals surface area contributed by atoms with E-state index in [9.17, 15) is 18.0 Å². The Kier molecular flexibility index (Phi) is 7.93. The van der Waals surface area contributed by atoms with Crippen molar-refractivity contribution in [3.63, 3.8) is 0 Å². The van der Waals surface area contributed by atoms with Crippen molar-refractivity contribution in [1.29, 1.82) is 0 Å². The monoisotopic (exact) mass is 509 g/mol. The van der Waals surface area contributed by atoms with Gasteiger partial charge in [-0.2, -0.15) is 0 Å². The van der Waals surface area contributed by atoms with Crippen LogP contribution in [0.25, 0.3) is 0 Å². The second-order valence-electron chi connectivity index (χ2n) is 8.26. The first-order valence-electron chi connectivity index (χ1n) is 10.7. The Morgan fingerprint density at radius 2 is 1.76 bits per heavy atom. The highest BCUT2D eigenvalue weighted by atomic mass is 35.5. The van der Waals surface area contributed by atoms with Crippen molar-refractivity contribution in [2.75, 3.05) is 23.9 Å². The van der Waals surface area contributed by atoms with Gasteiger partial charge in [0.1, 0.15) is 12.6 Å². The molecule has 0 saturated heterocycles. The minimum atomic E-state index is -3.85. The standard InChI is InChI=1S/C23H28ClN3O6S/c1-15(2)25-23(29)16(3)26(12-17-7-5-6-8-19(17)24)22(28)13-27(34(4,30)31)18-9-10-20-21(11-18)33-14-32-20/h5-11,15-16H,12-14H2,1-4H3,(H,25,29). The lowest BCUT2D eigenvalue weighted by molar-refractivity contribution is -0.139. The maximum Gasteiger partial charge on any atom is 0.244 e. The molecule has 9 nitrogen and oxygen atoms in total. The van der Waals surface area contributed by atoms with Gasteiger partial charge in [0, 0.05) is 23.7 Å². The molecule has 0 fully saturated rings. The Morgan fingerprint density at radius 1 is 1.09 bits per heavy atom. The van der Waals surface area contributed by atoms with Crippen molar-refractivity contribution in [2.24, 2.45) is 0 Å². The molecule has 0 aliphatic carbocycles. The first-order valence-corrected chi connectivity index (χ1v) is 12.9. The number of nitrogens with zero attached hydrogens (tertiary/aromatic N) is 2. The maximum atomic E-state index is 13.5. The number of halogens is 1. The molecule has 0 radical (unpaired) electrons. The van der Waals surface area contributed by atoms with Crippen LogP contribution in [0.1, 0.15) is 26.3 Å². The van der Waals surface area contributed by atoms with E-state index >= 15 is 0 Å². The molecule has 34 heavy (non-hydrogen) atoms. The number of hydrogen-bond donors (Lipinski definition) is 1. The largest absolute Gasteiger partial charge is 0.454 e. The number of carbonyl (C=O) groups is 2. The lowest BCUT2D eigenvalue weighted by atomic mass is 10.1. The molecule has 0 spiro atoms. The van der Waals surface area contributed by atoms with Crippen LogP contribution in [0.3, 0.4) is 0 Å². The highest BCUT2D eigenvalue weighted by Gasteiger charge is 2.31. The van der Waals surface area contributed by atoms with Crippen LogP contribution in [-0.4, -0.2) is 56.8 Å². The molecule has 0 aromatic heterocycles. The van der Waals surface area contributed by atoms with Crippen molar-refractivity contribution in [3.05, 3.63) is 53.1 Å². The summed E-state index contributed by atoms with van der Waals surface area (Å²) in [7, 11) is -3.85. The molecule has 2 aromatic carbocycles. The number of carbonyl (C=O) groups excluding carboxylic acids is 2. The third kappa shape index (κ3) is 6.12. The average Bonchev–Trinajstić information content (AvgIpc) is 3.23. The SMILES string of the molecule is CC(C)NC(=O)C(C)N(Cc1ccccc1Cl)C(=O)CN(c1ccc2c(c1)OCO2)S(C)(=O)=O. The summed E-state index contributed by atoms with van der Waals surface area (Å²) in [6.07, 6.45) is 1.01. The fourth-order valence-corrected chi connectivity index (χ4v) is 4.49. The van der Waals surface area contributed by atoms with E-state index in [1.807, 2.05) is 13.8 Å². The summed E-state index contributed by atoms with van der Waals surface area (Å²) in [4.78, 5) is 27.6. The van der Waals surface area contributed by atoms with Gasteiger partial charge in [-0.25, -0.2) is 8.42 Å². The van der Waals surface area contributed by atoms with Gasteiger partial charge in [0.25, 0.3) is 0 Å². The molecule has 1 aliphatic heterocycles. The molecule has 1 unspecified atom stereocenters. The first kappa shape index (κ1) is 25.6. The number of benzene rings is 2. The van der Waals surface area contributed by atoms with Gasteiger partial charge in [0.05, 0.1) is 11.9 Å². The van der Waals surface area contributed by atoms with Gasteiger partial charge in [-0.3, -0.25) is 13.9 Å². The highest BCUT2D eigenvalue weighted by molar-refractivity contribution is 7.92. The van der Waals surface area contributed by atoms with E-state index in [1.165, 1.54) is 17.0 Å². The number of nitrogens with one attached hydrogen (secondary N) is 1. The van der Waals surface area contributed by atoms with Crippen LogP contribution < -0.4 is 19.1 Å². The van der Waals surface area contributed by atoms with Crippen molar-refractivity contribution in [2.45, 2.75) is 39.4 Å². The lowest BCUT2D eigenvalue weighted by Crippen LogP contribution is -2.52. The quantitative estimate of drug-likeness (QED) is 0.557. The zero-order valence-corrected chi connectivity index (χ0v) is 21.0. The zero-order chi connectivity index (χ0) is 25.0. The van der Waals surface area contributed by atoms with Crippen LogP contribution in [0.4, 0.5) is 5.69 Å². The maximum absolute atomic E-state index is 13.5. The predicted octanol–water partition coefficient (Wildman–Crippen LogP) is 2.78. The Balaban J connectivity index is 1.92. The second-order valence-corrected chi connectivity index (χ2v) is 10.6. The summed E-state index contributed by atoms with van der Waals surface area (Å²) in [5, 5.41) is 3.23. The number of ether oxygens (including phenoxy) is 2. The van der Waals surface area contributed by atoms with Gasteiger partial charge in [-0.1, -0.05) is 29.8 Å². The molecule has 1 aliphatic rings. The molecule has 0 saturated carbocycles. The summed E-state index contributed by atoms with van der Waals surface area (Å²) in [6, 6.07) is 10.6. The van der Waals surface area contributed by atoms with E-state index in [2.05, 4.69) is 5.32 Å². The summed E-state index contributed by atoms with van der Waals surface area (Å²) >= 11 is 6.30. The first-order chi connectivity index (χ1) is 16.0. The Bertz CT molecular complexity index is 1170. The van der Waals surface area contributed by atoms with E-state index in [1.54, 1.807) is 37.3 Å². The Hall–Kier alpha value is -2.98. The third-order valence-corrected chi connectivity index (χ3v) is 6.73. The minimum absolute atomic E-state index is 0.0317. The number of amides is 2. The number of fused-ring (bicyclic) bond motifs is 1. The van der Waals surface area contributed by atoms with Gasteiger partial charge >= 0.3 is 0 Å². The zero-order valence-electron chi connectivity index (χ0n) is 19.4. The molecule has 3 rings (SSSR count). The summed E-state index contributed by atoms with van der Waals surface area (Å²) in [5.74, 6) is -0.0436. The Labute approximate surface area is 204 Å². The van der Waals surface area contributed by atoms with Gasteiger partial charge in [0.2, 0.25) is 28.6 Å². The van der Waals surface area contributed by atoms with Crippen LogP contribution in [0, 0.1) is 0 Å². The Morgan fingerprint density at radius 3 is 2.41 bits per heavy atom. The van der Waals surface area contributed by atoms with Crippen molar-refractivity contribution >= 4 is 39.1 Å². The third-order valence-electron chi connectivity index (χ3n) is 5.22. The molecule has 2 amide bonds. The summed E-state index contributed by atoms with van der Waals surface area (Å²) in [5.41, 5.74) is 0.882. The van der Waals surface area contributed by atoms with Crippen LogP contribution >= 0.6 is 11.6 Å². The molecular formula is C23H28ClN3O6S. The summed E-state index contributed by atoms with van der Waals surface area (Å²) < 4.78 is 36.9. The topological polar surface area (TPSA) is 105 Å². The van der Waals surface area contributed by atoms with E-state index < -0.39 is 28.5 Å². The molecule has 0 bridgehead atoms. The molecule has 1 heterocycles. The number of hydrogen-bond acceptors (Lipinski definition) is 6. The van der Waals surface area contributed by atoms with Crippen LogP contribution in [0.15, 0.2) is 42.5 Å². The normalized spacial score (nSPS) is 13.5. The summed E-state index contributed by atoms with van der Waals surface area (Å²) in [6.45, 7) is 4.78. The van der Waals surface area contributed by atoms with Gasteiger partial charge in [-0.05, 0) is 44.5 Å². The molecular weight excluding hydrogens is 482 g/mol. The van der Waals surface area contributed by atoms with E-state index in [0.717, 1.165) is 10.6 Å². The highest BCUT2D eigenvalue weighted by Crippen LogP contribution is 2.36. The minimum Gasteiger partial charge on any atom is -0.454 e. The van der Waals surface area contributed by atoms with Gasteiger partial charge < -0.3 is 19.7 Å². The fourth-order valence-electron chi connectivity index (χ4n) is 3.45. The number of sulfonamides is 1. The smallest absolute Gasteiger partial charge is 0.244 e. The average molecular weight is 510 g/mol. The van der Waals surface area contributed by atoms with Crippen LogP contribution in [0.5, 0.6) is 11.5 Å². The molecule has 1 N–H and O–H groups in total. The number of anilines is 1. The van der Waals surface area contributed by atoms with E-state index in [4.69, 9.17) is 21.1 Å². The van der Waals surface area contributed by atoms with Crippen LogP contribution in [-0.2, 0) is 26.2 Å². The lowest BCUT2D eigenvalue weighted by Gasteiger charge is -2.32. The fraction of sp³-hybridized carbons (Fsp3) is 0.391. The number of rotatable bonds is 9. The molecule has 184 valence electrons. The van der Waals surface area contributed by atoms with Crippen molar-refractivity contribution < 1.29 is 27.5 Å². The van der Waals surface area contributed by atoms with Crippen molar-refractivity contribution in [1.82, 2.24) is 10.2 Å². The van der Waals surface area contributed by atoms with Gasteiger partial charge in [-0.15, -0.1) is 0 Å². The van der Waals surface area contributed by atoms with Crippen molar-refractivity contribution in [3.8, 4) is 11.5 Å². The predicted molar refractivity (Wildman–Crippen MR) is 129 cm³/mol. The van der Waals surface area contributed by atoms with E-state index in [0.29, 0.717) is 22.1 Å². The van der Waals surface area contributed by atoms with E-state index in [-0.39, 0.29) is 31.0 Å². The second kappa shape index (κ2) is 10.5. The molecule has 1 atom stereocenters. The molecule has 2 aromatic rings.